The number of hydrogen-bond acceptors (Lipinski definition) is 7. The number of para-hydroxylation sites is 1. The molecule has 27 heavy (non-hydrogen) atoms. The Kier molecular flexibility index (Phi) is 5.61. The van der Waals surface area contributed by atoms with Crippen molar-refractivity contribution in [2.24, 2.45) is 0 Å². The van der Waals surface area contributed by atoms with Crippen LogP contribution in [0.25, 0.3) is 10.8 Å². The van der Waals surface area contributed by atoms with Crippen molar-refractivity contribution < 1.29 is 31.0 Å². The largest absolute Gasteiger partial charge is 0.507 e. The Hall–Kier alpha value is -2.86. The van der Waals surface area contributed by atoms with Gasteiger partial charge in [0.25, 0.3) is 20.2 Å². The van der Waals surface area contributed by atoms with E-state index in [1.165, 1.54) is 0 Å². The summed E-state index contributed by atoms with van der Waals surface area (Å²) in [5.41, 5.74) is 11.7. The van der Waals surface area contributed by atoms with Gasteiger partial charge in [-0.15, -0.1) is 0 Å². The van der Waals surface area contributed by atoms with E-state index in [-0.39, 0.29) is 16.5 Å². The van der Waals surface area contributed by atoms with Crippen LogP contribution in [-0.2, 0) is 20.2 Å². The van der Waals surface area contributed by atoms with Crippen molar-refractivity contribution in [1.82, 2.24) is 0 Å². The van der Waals surface area contributed by atoms with E-state index in [2.05, 4.69) is 0 Å². The molecule has 0 heterocycles. The highest BCUT2D eigenvalue weighted by atomic mass is 32.2. The minimum atomic E-state index is -4.67. The monoisotopic (exact) mass is 412 g/mol. The smallest absolute Gasteiger partial charge is 0.295 e. The molecule has 3 aromatic carbocycles. The van der Waals surface area contributed by atoms with Gasteiger partial charge in [-0.25, -0.2) is 0 Å². The van der Waals surface area contributed by atoms with E-state index in [1.807, 2.05) is 30.3 Å². The molecule has 3 aromatic rings. The van der Waals surface area contributed by atoms with Crippen LogP contribution in [0.2, 0.25) is 0 Å². The third-order valence-corrected chi connectivity index (χ3v) is 5.18. The summed E-state index contributed by atoms with van der Waals surface area (Å²) in [5.74, 6) is -0.641. The predicted molar refractivity (Wildman–Crippen MR) is 101 cm³/mol. The first-order chi connectivity index (χ1) is 12.4. The van der Waals surface area contributed by atoms with Gasteiger partial charge in [-0.05, 0) is 30.3 Å². The summed E-state index contributed by atoms with van der Waals surface area (Å²) in [4.78, 5) is -1.36. The zero-order valence-corrected chi connectivity index (χ0v) is 15.3. The Morgan fingerprint density at radius 3 is 1.81 bits per heavy atom. The SMILES string of the molecule is Nc1ccc(S(=O)(=O)O)c2cc(S(=O)(=O)O)cc(O)c12.Nc1ccccc1. The fraction of sp³-hybridized carbons (Fsp3) is 0. The number of benzene rings is 3. The molecule has 0 fully saturated rings. The number of hydrogen-bond donors (Lipinski definition) is 5. The Balaban J connectivity index is 0.000000313. The Bertz CT molecular complexity index is 1190. The van der Waals surface area contributed by atoms with Gasteiger partial charge in [-0.2, -0.15) is 16.8 Å². The van der Waals surface area contributed by atoms with Crippen LogP contribution in [-0.4, -0.2) is 31.0 Å². The lowest BCUT2D eigenvalue weighted by atomic mass is 10.1. The summed E-state index contributed by atoms with van der Waals surface area (Å²) in [7, 11) is -9.34. The van der Waals surface area contributed by atoms with E-state index in [0.717, 1.165) is 30.0 Å². The van der Waals surface area contributed by atoms with Gasteiger partial charge in [-0.3, -0.25) is 9.11 Å². The van der Waals surface area contributed by atoms with Gasteiger partial charge >= 0.3 is 0 Å². The zero-order valence-electron chi connectivity index (χ0n) is 13.6. The Morgan fingerprint density at radius 1 is 0.778 bits per heavy atom. The van der Waals surface area contributed by atoms with Crippen molar-refractivity contribution in [1.29, 1.82) is 0 Å². The maximum Gasteiger partial charge on any atom is 0.295 e. The van der Waals surface area contributed by atoms with Crippen LogP contribution in [0.4, 0.5) is 11.4 Å². The third kappa shape index (κ3) is 4.86. The molecular formula is C16H16N2O7S2. The molecule has 0 aromatic heterocycles. The molecule has 7 N–H and O–H groups in total. The maximum atomic E-state index is 11.3. The Labute approximate surface area is 155 Å². The molecule has 0 atom stereocenters. The molecule has 11 heteroatoms. The summed E-state index contributed by atoms with van der Waals surface area (Å²) in [6, 6.07) is 13.1. The van der Waals surface area contributed by atoms with Crippen LogP contribution in [0.3, 0.4) is 0 Å². The number of nitrogens with two attached hydrogens (primary N) is 2. The number of fused-ring (bicyclic) bond motifs is 1. The molecule has 0 unspecified atom stereocenters. The van der Waals surface area contributed by atoms with Gasteiger partial charge in [0.2, 0.25) is 0 Å². The van der Waals surface area contributed by atoms with Crippen molar-refractivity contribution in [3.8, 4) is 5.75 Å². The van der Waals surface area contributed by atoms with Crippen LogP contribution in [0.1, 0.15) is 0 Å². The fourth-order valence-corrected chi connectivity index (χ4v) is 3.47. The lowest BCUT2D eigenvalue weighted by Gasteiger charge is -2.10. The molecule has 0 bridgehead atoms. The van der Waals surface area contributed by atoms with Gasteiger partial charge in [0.05, 0.1) is 4.90 Å². The highest BCUT2D eigenvalue weighted by molar-refractivity contribution is 7.86. The van der Waals surface area contributed by atoms with E-state index in [4.69, 9.17) is 20.6 Å². The van der Waals surface area contributed by atoms with Crippen molar-refractivity contribution in [3.05, 3.63) is 54.6 Å². The molecule has 0 aliphatic rings. The summed E-state index contributed by atoms with van der Waals surface area (Å²) >= 11 is 0. The highest BCUT2D eigenvalue weighted by Gasteiger charge is 2.21. The second kappa shape index (κ2) is 7.40. The molecule has 0 spiro atoms. The number of rotatable bonds is 2. The van der Waals surface area contributed by atoms with Crippen molar-refractivity contribution in [2.75, 3.05) is 11.5 Å². The molecule has 0 saturated carbocycles. The normalized spacial score (nSPS) is 11.6. The molecule has 9 nitrogen and oxygen atoms in total. The number of aromatic hydroxyl groups is 1. The first-order valence-corrected chi connectivity index (χ1v) is 10.1. The molecule has 0 saturated heterocycles. The van der Waals surface area contributed by atoms with Gasteiger partial charge in [-0.1, -0.05) is 18.2 Å². The number of anilines is 2. The van der Waals surface area contributed by atoms with Crippen LogP contribution >= 0.6 is 0 Å². The zero-order chi connectivity index (χ0) is 20.4. The lowest BCUT2D eigenvalue weighted by Crippen LogP contribution is -2.03. The van der Waals surface area contributed by atoms with Crippen LogP contribution < -0.4 is 11.5 Å². The topological polar surface area (TPSA) is 181 Å². The molecule has 0 aliphatic carbocycles. The molecule has 0 amide bonds. The first kappa shape index (κ1) is 20.5. The number of nitrogen functional groups attached to an aromatic ring is 2. The van der Waals surface area contributed by atoms with Crippen LogP contribution in [0, 0.1) is 0 Å². The quantitative estimate of drug-likeness (QED) is 0.310. The summed E-state index contributed by atoms with van der Waals surface area (Å²) in [6.45, 7) is 0. The first-order valence-electron chi connectivity index (χ1n) is 7.22. The van der Waals surface area contributed by atoms with E-state index in [1.54, 1.807) is 0 Å². The van der Waals surface area contributed by atoms with E-state index in [0.29, 0.717) is 0 Å². The summed E-state index contributed by atoms with van der Waals surface area (Å²) in [6.07, 6.45) is 0. The Morgan fingerprint density at radius 2 is 1.37 bits per heavy atom. The molecule has 0 aliphatic heterocycles. The van der Waals surface area contributed by atoms with Gasteiger partial charge in [0, 0.05) is 28.2 Å². The second-order valence-corrected chi connectivity index (χ2v) is 8.19. The minimum absolute atomic E-state index is 0.0215. The lowest BCUT2D eigenvalue weighted by molar-refractivity contribution is 0.470. The van der Waals surface area contributed by atoms with Crippen LogP contribution in [0.5, 0.6) is 5.75 Å². The number of phenols is 1. The average molecular weight is 412 g/mol. The predicted octanol–water partition coefficient (Wildman–Crippen LogP) is 1.89. The molecule has 3 rings (SSSR count). The average Bonchev–Trinajstić information content (AvgIpc) is 2.54. The molecule has 144 valence electrons. The summed E-state index contributed by atoms with van der Waals surface area (Å²) < 4.78 is 62.7. The fourth-order valence-electron chi connectivity index (χ4n) is 2.26. The number of phenolic OH excluding ortho intramolecular Hbond substituents is 1. The van der Waals surface area contributed by atoms with E-state index in [9.17, 15) is 21.9 Å². The third-order valence-electron chi connectivity index (χ3n) is 3.43. The van der Waals surface area contributed by atoms with E-state index >= 15 is 0 Å². The molecule has 0 radical (unpaired) electrons. The highest BCUT2D eigenvalue weighted by Crippen LogP contribution is 2.36. The minimum Gasteiger partial charge on any atom is -0.507 e. The standard InChI is InChI=1S/C10H9NO7S2.C6H7N/c11-7-1-2-9(20(16,17)18)6-3-5(19(13,14)15)4-8(12)10(6)7;7-6-4-2-1-3-5-6/h1-4,12H,11H2,(H,13,14,15)(H,16,17,18);1-5H,7H2. The van der Waals surface area contributed by atoms with Gasteiger partial charge in [0.1, 0.15) is 10.6 Å². The van der Waals surface area contributed by atoms with Crippen molar-refractivity contribution in [3.63, 3.8) is 0 Å². The summed E-state index contributed by atoms with van der Waals surface area (Å²) in [5, 5.41) is 9.29. The van der Waals surface area contributed by atoms with E-state index < -0.39 is 35.8 Å². The van der Waals surface area contributed by atoms with Gasteiger partial charge in [0.15, 0.2) is 0 Å². The van der Waals surface area contributed by atoms with Gasteiger partial charge < -0.3 is 16.6 Å². The van der Waals surface area contributed by atoms with Crippen molar-refractivity contribution in [2.45, 2.75) is 9.79 Å². The van der Waals surface area contributed by atoms with Crippen LogP contribution in [0.15, 0.2) is 64.4 Å². The maximum absolute atomic E-state index is 11.3. The molecular weight excluding hydrogens is 396 g/mol. The second-order valence-electron chi connectivity index (χ2n) is 5.38. The van der Waals surface area contributed by atoms with Crippen molar-refractivity contribution >= 4 is 42.4 Å².